The van der Waals surface area contributed by atoms with Gasteiger partial charge in [0, 0.05) is 18.4 Å². The number of nitrogens with one attached hydrogen (secondary N) is 1. The van der Waals surface area contributed by atoms with Gasteiger partial charge in [-0.3, -0.25) is 14.6 Å². The number of fused-ring (bicyclic) bond motifs is 1. The Morgan fingerprint density at radius 2 is 2.07 bits per heavy atom. The number of aromatic nitrogens is 1. The normalized spacial score (nSPS) is 15.6. The lowest BCUT2D eigenvalue weighted by Gasteiger charge is -2.28. The average Bonchev–Trinajstić information content (AvgIpc) is 2.76. The summed E-state index contributed by atoms with van der Waals surface area (Å²) in [5.41, 5.74) is 1.01. The molecule has 0 atom stereocenters. The Hall–Kier alpha value is -2.89. The van der Waals surface area contributed by atoms with Crippen LogP contribution in [0.15, 0.2) is 42.6 Å². The lowest BCUT2D eigenvalue weighted by atomic mass is 9.92. The molecule has 148 valence electrons. The van der Waals surface area contributed by atoms with Crippen molar-refractivity contribution in [3.63, 3.8) is 0 Å². The van der Waals surface area contributed by atoms with Gasteiger partial charge in [-0.1, -0.05) is 19.9 Å². The number of rotatable bonds is 5. The minimum absolute atomic E-state index is 0.0279. The van der Waals surface area contributed by atoms with E-state index in [0.29, 0.717) is 41.9 Å². The van der Waals surface area contributed by atoms with Gasteiger partial charge >= 0.3 is 0 Å². The Kier molecular flexibility index (Phi) is 5.68. The van der Waals surface area contributed by atoms with Crippen LogP contribution in [0, 0.1) is 11.3 Å². The van der Waals surface area contributed by atoms with Crippen molar-refractivity contribution in [3.05, 3.63) is 48.3 Å². The maximum atomic E-state index is 13.1. The first-order valence-electron chi connectivity index (χ1n) is 9.59. The molecule has 6 heteroatoms. The molecule has 2 amide bonds. The van der Waals surface area contributed by atoms with Crippen molar-refractivity contribution in [2.24, 2.45) is 11.3 Å². The molecule has 0 saturated heterocycles. The van der Waals surface area contributed by atoms with E-state index >= 15 is 0 Å². The van der Waals surface area contributed by atoms with Crippen LogP contribution in [-0.4, -0.2) is 29.9 Å². The topological polar surface area (TPSA) is 71.5 Å². The van der Waals surface area contributed by atoms with Gasteiger partial charge in [0.05, 0.1) is 11.1 Å². The van der Waals surface area contributed by atoms with E-state index in [1.54, 1.807) is 47.5 Å². The summed E-state index contributed by atoms with van der Waals surface area (Å²) in [5.74, 6) is 0.852. The zero-order valence-corrected chi connectivity index (χ0v) is 16.9. The number of nitrogens with zero attached hydrogens (tertiary/aromatic N) is 2. The second-order valence-corrected chi connectivity index (χ2v) is 8.16. The molecule has 0 unspecified atom stereocenters. The van der Waals surface area contributed by atoms with Gasteiger partial charge in [0.2, 0.25) is 5.91 Å². The molecular formula is C22H27N3O3. The second-order valence-electron chi connectivity index (χ2n) is 8.16. The first kappa shape index (κ1) is 19.9. The smallest absolute Gasteiger partial charge is 0.274 e. The Balaban J connectivity index is 1.91. The largest absolute Gasteiger partial charge is 0.490 e. The fourth-order valence-electron chi connectivity index (χ4n) is 3.02. The van der Waals surface area contributed by atoms with Gasteiger partial charge in [-0.25, -0.2) is 0 Å². The Morgan fingerprint density at radius 3 is 2.75 bits per heavy atom. The summed E-state index contributed by atoms with van der Waals surface area (Å²) in [6.45, 7) is 8.98. The van der Waals surface area contributed by atoms with Crippen LogP contribution >= 0.6 is 0 Å². The number of hydrogen-bond acceptors (Lipinski definition) is 4. The van der Waals surface area contributed by atoms with Crippen LogP contribution in [-0.2, 0) is 4.79 Å². The van der Waals surface area contributed by atoms with Crippen LogP contribution in [0.1, 0.15) is 44.6 Å². The molecule has 6 nitrogen and oxygen atoms in total. The van der Waals surface area contributed by atoms with Crippen molar-refractivity contribution < 1.29 is 14.3 Å². The highest BCUT2D eigenvalue weighted by Crippen LogP contribution is 2.38. The number of carbonyl (C=O) groups excluding carboxylic acids is 2. The van der Waals surface area contributed by atoms with Crippen molar-refractivity contribution in [3.8, 4) is 5.75 Å². The number of hydrogen-bond donors (Lipinski definition) is 1. The highest BCUT2D eigenvalue weighted by molar-refractivity contribution is 6.04. The van der Waals surface area contributed by atoms with Gasteiger partial charge in [-0.05, 0) is 56.5 Å². The van der Waals surface area contributed by atoms with E-state index in [-0.39, 0.29) is 11.8 Å². The Labute approximate surface area is 165 Å². The van der Waals surface area contributed by atoms with Crippen LogP contribution in [0.25, 0.3) is 0 Å². The zero-order valence-electron chi connectivity index (χ0n) is 16.9. The van der Waals surface area contributed by atoms with E-state index in [2.05, 4.69) is 24.1 Å². The van der Waals surface area contributed by atoms with Gasteiger partial charge in [-0.2, -0.15) is 0 Å². The van der Waals surface area contributed by atoms with Crippen LogP contribution in [0.2, 0.25) is 0 Å². The number of anilines is 2. The minimum atomic E-state index is -0.618. The number of ether oxygens (including phenoxy) is 1. The van der Waals surface area contributed by atoms with Gasteiger partial charge in [0.25, 0.3) is 5.91 Å². The SMILES string of the molecule is CC(C)CCN1C(=O)C(C)(C)COc2ccc(NC(=O)c3ccccn3)cc21. The van der Waals surface area contributed by atoms with Gasteiger partial charge in [-0.15, -0.1) is 0 Å². The number of pyridine rings is 1. The van der Waals surface area contributed by atoms with Crippen LogP contribution in [0.4, 0.5) is 11.4 Å². The molecule has 1 aromatic carbocycles. The molecule has 2 heterocycles. The third-order valence-electron chi connectivity index (χ3n) is 4.75. The lowest BCUT2D eigenvalue weighted by Crippen LogP contribution is -2.42. The fraction of sp³-hybridized carbons (Fsp3) is 0.409. The third kappa shape index (κ3) is 4.32. The first-order chi connectivity index (χ1) is 13.3. The predicted octanol–water partition coefficient (Wildman–Crippen LogP) is 4.13. The molecule has 0 fully saturated rings. The third-order valence-corrected chi connectivity index (χ3v) is 4.75. The van der Waals surface area contributed by atoms with E-state index in [4.69, 9.17) is 4.74 Å². The van der Waals surface area contributed by atoms with Gasteiger partial charge in [0.15, 0.2) is 0 Å². The highest BCUT2D eigenvalue weighted by atomic mass is 16.5. The summed E-state index contributed by atoms with van der Waals surface area (Å²) in [7, 11) is 0. The molecule has 0 spiro atoms. The Morgan fingerprint density at radius 1 is 1.29 bits per heavy atom. The van der Waals surface area contributed by atoms with Crippen molar-refractivity contribution in [1.82, 2.24) is 4.98 Å². The molecule has 0 aliphatic carbocycles. The standard InChI is InChI=1S/C22H27N3O3/c1-15(2)10-12-25-18-13-16(24-20(26)17-7-5-6-11-23-17)8-9-19(18)28-14-22(3,4)21(25)27/h5-9,11,13,15H,10,12,14H2,1-4H3,(H,24,26). The van der Waals surface area contributed by atoms with Crippen molar-refractivity contribution >= 4 is 23.2 Å². The van der Waals surface area contributed by atoms with E-state index in [1.165, 1.54) is 0 Å². The monoisotopic (exact) mass is 381 g/mol. The maximum absolute atomic E-state index is 13.1. The molecule has 1 aliphatic heterocycles. The summed E-state index contributed by atoms with van der Waals surface area (Å²) >= 11 is 0. The van der Waals surface area contributed by atoms with Crippen LogP contribution < -0.4 is 15.0 Å². The highest BCUT2D eigenvalue weighted by Gasteiger charge is 2.37. The number of benzene rings is 1. The van der Waals surface area contributed by atoms with Gasteiger partial charge < -0.3 is 15.0 Å². The summed E-state index contributed by atoms with van der Waals surface area (Å²) in [6.07, 6.45) is 2.46. The van der Waals surface area contributed by atoms with Crippen molar-refractivity contribution in [1.29, 1.82) is 0 Å². The lowest BCUT2D eigenvalue weighted by molar-refractivity contribution is -0.127. The minimum Gasteiger partial charge on any atom is -0.490 e. The summed E-state index contributed by atoms with van der Waals surface area (Å²) in [6, 6.07) is 10.6. The second kappa shape index (κ2) is 8.00. The fourth-order valence-corrected chi connectivity index (χ4v) is 3.02. The van der Waals surface area contributed by atoms with Crippen molar-refractivity contribution in [2.45, 2.75) is 34.1 Å². The summed E-state index contributed by atoms with van der Waals surface area (Å²) in [4.78, 5) is 31.4. The molecule has 1 N–H and O–H groups in total. The molecule has 3 rings (SSSR count). The first-order valence-corrected chi connectivity index (χ1v) is 9.59. The average molecular weight is 381 g/mol. The molecular weight excluding hydrogens is 354 g/mol. The zero-order chi connectivity index (χ0) is 20.3. The van der Waals surface area contributed by atoms with Crippen molar-refractivity contribution in [2.75, 3.05) is 23.4 Å². The maximum Gasteiger partial charge on any atom is 0.274 e. The number of carbonyl (C=O) groups is 2. The van der Waals surface area contributed by atoms with Crippen LogP contribution in [0.3, 0.4) is 0 Å². The summed E-state index contributed by atoms with van der Waals surface area (Å²) < 4.78 is 5.93. The Bertz CT molecular complexity index is 863. The molecule has 0 saturated carbocycles. The molecule has 1 aliphatic rings. The molecule has 0 radical (unpaired) electrons. The van der Waals surface area contributed by atoms with E-state index in [0.717, 1.165) is 6.42 Å². The van der Waals surface area contributed by atoms with E-state index in [1.807, 2.05) is 13.8 Å². The quantitative estimate of drug-likeness (QED) is 0.845. The molecule has 1 aromatic heterocycles. The van der Waals surface area contributed by atoms with E-state index < -0.39 is 5.41 Å². The molecule has 28 heavy (non-hydrogen) atoms. The predicted molar refractivity (Wildman–Crippen MR) is 110 cm³/mol. The number of amides is 2. The summed E-state index contributed by atoms with van der Waals surface area (Å²) in [5, 5.41) is 2.85. The molecule has 0 bridgehead atoms. The van der Waals surface area contributed by atoms with Gasteiger partial charge in [0.1, 0.15) is 18.1 Å². The molecule has 2 aromatic rings. The van der Waals surface area contributed by atoms with Crippen LogP contribution in [0.5, 0.6) is 5.75 Å². The van der Waals surface area contributed by atoms with E-state index in [9.17, 15) is 9.59 Å².